The fourth-order valence-electron chi connectivity index (χ4n) is 4.12. The molecule has 2 aromatic heterocycles. The van der Waals surface area contributed by atoms with E-state index in [1.54, 1.807) is 36.5 Å². The lowest BCUT2D eigenvalue weighted by molar-refractivity contribution is -0.130. The predicted molar refractivity (Wildman–Crippen MR) is 144 cm³/mol. The minimum atomic E-state index is -4.78. The quantitative estimate of drug-likeness (QED) is 0.230. The van der Waals surface area contributed by atoms with Crippen molar-refractivity contribution < 1.29 is 35.6 Å². The maximum atomic E-state index is 15.1. The first-order valence-electron chi connectivity index (χ1n) is 12.5. The number of hydrogen-bond acceptors (Lipinski definition) is 7. The summed E-state index contributed by atoms with van der Waals surface area (Å²) in [7, 11) is -4.73. The summed E-state index contributed by atoms with van der Waals surface area (Å²) in [6.45, 7) is -0.557. The number of alkyl halides is 3. The second-order valence-electron chi connectivity index (χ2n) is 9.57. The Morgan fingerprint density at radius 2 is 1.80 bits per heavy atom. The third-order valence-electron chi connectivity index (χ3n) is 6.36. The highest BCUT2D eigenvalue weighted by atomic mass is 32.2. The Hall–Kier alpha value is -3.85. The van der Waals surface area contributed by atoms with Gasteiger partial charge in [0, 0.05) is 23.9 Å². The van der Waals surface area contributed by atoms with Gasteiger partial charge in [-0.1, -0.05) is 24.3 Å². The fourth-order valence-corrected chi connectivity index (χ4v) is 7.19. The van der Waals surface area contributed by atoms with Gasteiger partial charge >= 0.3 is 6.18 Å². The number of sulfone groups is 1. The number of halogens is 4. The molecule has 2 aromatic carbocycles. The first-order valence-corrected chi connectivity index (χ1v) is 15.0. The molecule has 0 radical (unpaired) electrons. The van der Waals surface area contributed by atoms with Crippen molar-refractivity contribution in [1.82, 2.24) is 25.8 Å². The van der Waals surface area contributed by atoms with Gasteiger partial charge in [-0.15, -0.1) is 11.3 Å². The first-order chi connectivity index (χ1) is 19.4. The Kier molecular flexibility index (Phi) is 7.83. The Balaban J connectivity index is 1.45. The third kappa shape index (κ3) is 6.90. The molecule has 1 aliphatic carbocycles. The summed E-state index contributed by atoms with van der Waals surface area (Å²) in [6, 6.07) is 11.2. The van der Waals surface area contributed by atoms with Gasteiger partial charge in [0.1, 0.15) is 10.8 Å². The van der Waals surface area contributed by atoms with Crippen LogP contribution in [0.5, 0.6) is 0 Å². The molecule has 1 saturated carbocycles. The molecular formula is C26H23F4N5O4S2. The molecule has 1 aliphatic rings. The summed E-state index contributed by atoms with van der Waals surface area (Å²) in [6.07, 6.45) is -3.28. The lowest BCUT2D eigenvalue weighted by Gasteiger charge is -2.16. The molecule has 0 bridgehead atoms. The van der Waals surface area contributed by atoms with Crippen LogP contribution in [0.15, 0.2) is 48.7 Å². The number of H-pyrrole nitrogens is 1. The van der Waals surface area contributed by atoms with Crippen molar-refractivity contribution in [3.63, 3.8) is 0 Å². The second-order valence-corrected chi connectivity index (χ2v) is 12.8. The Labute approximate surface area is 235 Å². The number of carbonyl (C=O) groups excluding carboxylic acids is 2. The van der Waals surface area contributed by atoms with Crippen LogP contribution in [0.4, 0.5) is 17.6 Å². The number of benzene rings is 2. The van der Waals surface area contributed by atoms with Crippen LogP contribution in [0, 0.1) is 5.82 Å². The lowest BCUT2D eigenvalue weighted by Crippen LogP contribution is -2.41. The van der Waals surface area contributed by atoms with E-state index in [1.165, 1.54) is 6.07 Å². The van der Waals surface area contributed by atoms with Crippen molar-refractivity contribution in [2.75, 3.05) is 12.3 Å². The number of thiazole rings is 1. The number of nitrogens with zero attached hydrogens (tertiary/aromatic N) is 2. The van der Waals surface area contributed by atoms with E-state index in [0.717, 1.165) is 41.5 Å². The number of hydrogen-bond donors (Lipinski definition) is 3. The van der Waals surface area contributed by atoms with E-state index < -0.39 is 57.6 Å². The molecule has 9 nitrogen and oxygen atoms in total. The van der Waals surface area contributed by atoms with E-state index in [-0.39, 0.29) is 22.1 Å². The average molecular weight is 610 g/mol. The van der Waals surface area contributed by atoms with Crippen LogP contribution >= 0.6 is 11.3 Å². The van der Waals surface area contributed by atoms with Gasteiger partial charge in [0.2, 0.25) is 11.8 Å². The lowest BCUT2D eigenvalue weighted by atomic mass is 10.0. The summed E-state index contributed by atoms with van der Waals surface area (Å²) in [5, 5.41) is 9.10. The van der Waals surface area contributed by atoms with Crippen LogP contribution in [-0.2, 0) is 19.4 Å². The zero-order chi connectivity index (χ0) is 29.4. The average Bonchev–Trinajstić information content (AvgIpc) is 3.38. The summed E-state index contributed by atoms with van der Waals surface area (Å²) < 4.78 is 80.2. The highest BCUT2D eigenvalue weighted by molar-refractivity contribution is 7.92. The molecule has 3 N–H and O–H groups in total. The summed E-state index contributed by atoms with van der Waals surface area (Å²) in [5.41, 5.74) is 2.31. The number of aromatic amines is 1. The van der Waals surface area contributed by atoms with Crippen LogP contribution in [-0.4, -0.2) is 59.9 Å². The van der Waals surface area contributed by atoms with Crippen molar-refractivity contribution in [2.45, 2.75) is 36.7 Å². The summed E-state index contributed by atoms with van der Waals surface area (Å²) in [5.74, 6) is -3.77. The molecular weight excluding hydrogens is 586 g/mol. The fraction of sp³-hybridized carbons (Fsp3) is 0.308. The number of aromatic nitrogens is 3. The highest BCUT2D eigenvalue weighted by Crippen LogP contribution is 2.36. The maximum Gasteiger partial charge on any atom is 0.390 e. The molecule has 15 heteroatoms. The number of fused-ring (bicyclic) bond motifs is 1. The largest absolute Gasteiger partial charge is 0.390 e. The monoisotopic (exact) mass is 609 g/mol. The predicted octanol–water partition coefficient (Wildman–Crippen LogP) is 4.30. The van der Waals surface area contributed by atoms with Gasteiger partial charge in [0.05, 0.1) is 34.6 Å². The van der Waals surface area contributed by atoms with Crippen molar-refractivity contribution in [1.29, 1.82) is 0 Å². The van der Waals surface area contributed by atoms with Gasteiger partial charge in [-0.2, -0.15) is 18.3 Å². The van der Waals surface area contributed by atoms with E-state index in [2.05, 4.69) is 25.8 Å². The Bertz CT molecular complexity index is 1680. The number of amides is 2. The molecule has 5 rings (SSSR count). The molecule has 41 heavy (non-hydrogen) atoms. The first kappa shape index (κ1) is 28.7. The van der Waals surface area contributed by atoms with Crippen LogP contribution in [0.25, 0.3) is 32.6 Å². The number of nitrogens with one attached hydrogen (secondary N) is 3. The molecule has 0 spiro atoms. The maximum absolute atomic E-state index is 15.1. The zero-order valence-corrected chi connectivity index (χ0v) is 22.8. The minimum absolute atomic E-state index is 0.0132. The van der Waals surface area contributed by atoms with Crippen molar-refractivity contribution in [3.05, 3.63) is 59.5 Å². The van der Waals surface area contributed by atoms with Crippen molar-refractivity contribution >= 4 is 43.2 Å². The highest BCUT2D eigenvalue weighted by Gasteiger charge is 2.40. The Morgan fingerprint density at radius 1 is 1.10 bits per heavy atom. The smallest absolute Gasteiger partial charge is 0.352 e. The molecule has 0 aliphatic heterocycles. The molecule has 2 heterocycles. The van der Waals surface area contributed by atoms with Gasteiger partial charge in [-0.3, -0.25) is 14.7 Å². The van der Waals surface area contributed by atoms with E-state index in [4.69, 9.17) is 0 Å². The number of rotatable bonds is 10. The minimum Gasteiger partial charge on any atom is -0.352 e. The van der Waals surface area contributed by atoms with Crippen LogP contribution in [0.3, 0.4) is 0 Å². The summed E-state index contributed by atoms with van der Waals surface area (Å²) in [4.78, 5) is 29.2. The molecule has 216 valence electrons. The molecule has 2 amide bonds. The van der Waals surface area contributed by atoms with Crippen molar-refractivity contribution in [2.24, 2.45) is 0 Å². The summed E-state index contributed by atoms with van der Waals surface area (Å²) >= 11 is 0.755. The van der Waals surface area contributed by atoms with E-state index in [1.807, 2.05) is 0 Å². The molecule has 1 atom stereocenters. The van der Waals surface area contributed by atoms with Gasteiger partial charge in [-0.25, -0.2) is 17.8 Å². The van der Waals surface area contributed by atoms with Crippen LogP contribution in [0.1, 0.15) is 29.5 Å². The normalized spacial score (nSPS) is 14.6. The van der Waals surface area contributed by atoms with E-state index >= 15 is 4.39 Å². The van der Waals surface area contributed by atoms with E-state index in [0.29, 0.717) is 10.3 Å². The Morgan fingerprint density at radius 3 is 2.44 bits per heavy atom. The van der Waals surface area contributed by atoms with Gasteiger partial charge in [-0.05, 0) is 36.1 Å². The topological polar surface area (TPSA) is 134 Å². The van der Waals surface area contributed by atoms with Gasteiger partial charge in [0.25, 0.3) is 0 Å². The van der Waals surface area contributed by atoms with Crippen LogP contribution in [0.2, 0.25) is 0 Å². The molecule has 1 unspecified atom stereocenters. The second kappa shape index (κ2) is 11.2. The molecule has 0 saturated heterocycles. The standard InChI is InChI=1S/C26H23F4N5O4S2/c27-18-12-20-21(11-17(18)14-1-3-15(4-2-14)19-7-9-32-35-19)40-25(34-20)23(41(38,39)10-8-26(28,29)30)24(37)31-13-22(36)33-16-5-6-16/h1-4,7,9,11-12,16,23H,5-6,8,10,13H2,(H,31,37)(H,32,35)(H,33,36). The number of carbonyl (C=O) groups is 2. The zero-order valence-electron chi connectivity index (χ0n) is 21.2. The molecule has 4 aromatic rings. The third-order valence-corrected chi connectivity index (χ3v) is 9.52. The van der Waals surface area contributed by atoms with Gasteiger partial charge in [0.15, 0.2) is 15.1 Å². The van der Waals surface area contributed by atoms with Gasteiger partial charge < -0.3 is 10.6 Å². The molecule has 1 fully saturated rings. The van der Waals surface area contributed by atoms with E-state index in [9.17, 15) is 31.2 Å². The SMILES string of the molecule is O=C(CNC(=O)C(c1nc2cc(F)c(-c3ccc(-c4ccn[nH]4)cc3)cc2s1)S(=O)(=O)CCC(F)(F)F)NC1CC1. The van der Waals surface area contributed by atoms with Crippen molar-refractivity contribution in [3.8, 4) is 22.4 Å². The van der Waals surface area contributed by atoms with Crippen LogP contribution < -0.4 is 10.6 Å².